The van der Waals surface area contributed by atoms with E-state index in [1.165, 1.54) is 16.7 Å². The van der Waals surface area contributed by atoms with Gasteiger partial charge in [0.15, 0.2) is 0 Å². The van der Waals surface area contributed by atoms with E-state index in [0.717, 1.165) is 17.8 Å². The summed E-state index contributed by atoms with van der Waals surface area (Å²) in [5, 5.41) is 9.60. The van der Waals surface area contributed by atoms with Gasteiger partial charge in [-0.25, -0.2) is 0 Å². The molecule has 0 unspecified atom stereocenters. The van der Waals surface area contributed by atoms with Crippen LogP contribution in [0.2, 0.25) is 0 Å². The van der Waals surface area contributed by atoms with Gasteiger partial charge in [-0.3, -0.25) is 19.1 Å². The Balaban J connectivity index is 2.28. The number of aromatic nitrogens is 1. The Morgan fingerprint density at radius 3 is 2.54 bits per heavy atom. The van der Waals surface area contributed by atoms with Crippen molar-refractivity contribution in [1.29, 1.82) is 5.26 Å². The van der Waals surface area contributed by atoms with Crippen LogP contribution >= 0.6 is 24.0 Å². The number of hydrogen-bond acceptors (Lipinski definition) is 7. The number of carbonyl (C=O) groups excluding carboxylic acids is 1. The van der Waals surface area contributed by atoms with Crippen LogP contribution in [0.15, 0.2) is 9.70 Å². The predicted octanol–water partition coefficient (Wildman–Crippen LogP) is 2.11. The number of nitrogens with zero attached hydrogens (tertiary/aromatic N) is 4. The first-order valence-electron chi connectivity index (χ1n) is 9.12. The number of anilines is 1. The van der Waals surface area contributed by atoms with Crippen LogP contribution in [0.4, 0.5) is 5.82 Å². The van der Waals surface area contributed by atoms with Crippen LogP contribution in [0.1, 0.15) is 30.0 Å². The Bertz CT molecular complexity index is 955. The summed E-state index contributed by atoms with van der Waals surface area (Å²) in [6, 6.07) is 2.05. The number of carbonyl (C=O) groups is 1. The molecule has 0 aromatic carbocycles. The fourth-order valence-electron chi connectivity index (χ4n) is 3.37. The Morgan fingerprint density at radius 1 is 1.32 bits per heavy atom. The van der Waals surface area contributed by atoms with Crippen molar-refractivity contribution in [2.45, 2.75) is 26.8 Å². The van der Waals surface area contributed by atoms with Gasteiger partial charge in [-0.2, -0.15) is 5.26 Å². The third kappa shape index (κ3) is 3.60. The molecule has 2 fully saturated rings. The molecule has 2 aliphatic rings. The zero-order chi connectivity index (χ0) is 20.4. The molecule has 0 saturated carbocycles. The second kappa shape index (κ2) is 8.47. The molecular weight excluding hydrogens is 396 g/mol. The molecule has 3 heterocycles. The van der Waals surface area contributed by atoms with E-state index in [9.17, 15) is 14.9 Å². The van der Waals surface area contributed by atoms with Gasteiger partial charge >= 0.3 is 0 Å². The van der Waals surface area contributed by atoms with Crippen molar-refractivity contribution >= 4 is 46.1 Å². The monoisotopic (exact) mass is 418 g/mol. The van der Waals surface area contributed by atoms with E-state index in [1.807, 2.05) is 6.92 Å². The van der Waals surface area contributed by atoms with E-state index >= 15 is 0 Å². The third-order valence-electron chi connectivity index (χ3n) is 4.87. The molecule has 1 aromatic rings. The van der Waals surface area contributed by atoms with Crippen LogP contribution in [-0.4, -0.2) is 53.0 Å². The first-order chi connectivity index (χ1) is 13.4. The number of morpholine rings is 1. The molecule has 0 bridgehead atoms. The lowest BCUT2D eigenvalue weighted by molar-refractivity contribution is -0.121. The van der Waals surface area contributed by atoms with Crippen LogP contribution in [0.5, 0.6) is 0 Å². The number of likely N-dealkylation sites (N-methyl/N-ethyl adjacent to an activating group) is 1. The summed E-state index contributed by atoms with van der Waals surface area (Å²) in [6.07, 6.45) is 2.52. The molecular formula is C19H22N4O3S2. The Morgan fingerprint density at radius 2 is 2.00 bits per heavy atom. The number of ether oxygens (including phenoxy) is 1. The first-order valence-corrected chi connectivity index (χ1v) is 10.3. The van der Waals surface area contributed by atoms with E-state index in [1.54, 1.807) is 24.6 Å². The van der Waals surface area contributed by atoms with Gasteiger partial charge in [-0.15, -0.1) is 0 Å². The van der Waals surface area contributed by atoms with Crippen LogP contribution < -0.4 is 10.5 Å². The number of rotatable bonds is 4. The Labute approximate surface area is 173 Å². The van der Waals surface area contributed by atoms with Gasteiger partial charge in [0.1, 0.15) is 21.8 Å². The van der Waals surface area contributed by atoms with Crippen molar-refractivity contribution < 1.29 is 9.53 Å². The average molecular weight is 419 g/mol. The molecule has 0 spiro atoms. The van der Waals surface area contributed by atoms with Crippen molar-refractivity contribution in [2.75, 3.05) is 38.3 Å². The molecule has 7 nitrogen and oxygen atoms in total. The van der Waals surface area contributed by atoms with Crippen LogP contribution in [-0.2, 0) is 16.1 Å². The summed E-state index contributed by atoms with van der Waals surface area (Å²) in [5.41, 5.74) is 1.13. The van der Waals surface area contributed by atoms with E-state index in [-0.39, 0.29) is 17.0 Å². The second-order valence-corrected chi connectivity index (χ2v) is 8.32. The number of hydrogen-bond donors (Lipinski definition) is 0. The van der Waals surface area contributed by atoms with Crippen molar-refractivity contribution in [2.24, 2.45) is 0 Å². The summed E-state index contributed by atoms with van der Waals surface area (Å²) in [6.45, 7) is 6.66. The lowest BCUT2D eigenvalue weighted by Gasteiger charge is -2.33. The molecule has 0 radical (unpaired) electrons. The smallest absolute Gasteiger partial charge is 0.270 e. The highest BCUT2D eigenvalue weighted by atomic mass is 32.2. The largest absolute Gasteiger partial charge is 0.378 e. The number of thioether (sulfide) groups is 1. The fourth-order valence-corrected chi connectivity index (χ4v) is 4.53. The summed E-state index contributed by atoms with van der Waals surface area (Å²) in [4.78, 5) is 29.6. The Hall–Kier alpha value is -2.15. The number of nitriles is 1. The van der Waals surface area contributed by atoms with Gasteiger partial charge in [0.2, 0.25) is 0 Å². The zero-order valence-corrected chi connectivity index (χ0v) is 17.8. The van der Waals surface area contributed by atoms with E-state index in [2.05, 4.69) is 11.0 Å². The van der Waals surface area contributed by atoms with Crippen LogP contribution in [0, 0.1) is 18.3 Å². The van der Waals surface area contributed by atoms with Crippen molar-refractivity contribution in [3.63, 3.8) is 0 Å². The highest BCUT2D eigenvalue weighted by molar-refractivity contribution is 8.26. The van der Waals surface area contributed by atoms with Crippen LogP contribution in [0.25, 0.3) is 6.08 Å². The lowest BCUT2D eigenvalue weighted by Crippen LogP contribution is -2.41. The van der Waals surface area contributed by atoms with Gasteiger partial charge in [-0.1, -0.05) is 30.9 Å². The minimum absolute atomic E-state index is 0.115. The first kappa shape index (κ1) is 20.6. The maximum absolute atomic E-state index is 13.0. The quantitative estimate of drug-likeness (QED) is 0.547. The molecule has 3 rings (SSSR count). The van der Waals surface area contributed by atoms with Crippen molar-refractivity contribution in [1.82, 2.24) is 9.47 Å². The normalized spacial score (nSPS) is 18.9. The highest BCUT2D eigenvalue weighted by Crippen LogP contribution is 2.35. The molecule has 28 heavy (non-hydrogen) atoms. The van der Waals surface area contributed by atoms with Gasteiger partial charge in [0.25, 0.3) is 11.5 Å². The van der Waals surface area contributed by atoms with E-state index < -0.39 is 0 Å². The van der Waals surface area contributed by atoms with Gasteiger partial charge in [-0.05, 0) is 25.0 Å². The SMILES string of the molecule is CCCn1c(N2CCOCC2)c(/C=C2\SC(=S)N(C)C2=O)c(C)c(C#N)c1=O. The second-order valence-electron chi connectivity index (χ2n) is 6.65. The molecule has 0 atom stereocenters. The zero-order valence-electron chi connectivity index (χ0n) is 16.2. The molecule has 9 heteroatoms. The van der Waals surface area contributed by atoms with Crippen molar-refractivity contribution in [3.05, 3.63) is 31.9 Å². The highest BCUT2D eigenvalue weighted by Gasteiger charge is 2.31. The maximum Gasteiger partial charge on any atom is 0.270 e. The third-order valence-corrected chi connectivity index (χ3v) is 6.35. The molecule has 0 N–H and O–H groups in total. The minimum atomic E-state index is -0.288. The molecule has 2 saturated heterocycles. The summed E-state index contributed by atoms with van der Waals surface area (Å²) in [5.74, 6) is 0.571. The molecule has 148 valence electrons. The number of amides is 1. The van der Waals surface area contributed by atoms with Gasteiger partial charge in [0, 0.05) is 32.2 Å². The number of thiocarbonyl (C=S) groups is 1. The summed E-state index contributed by atoms with van der Waals surface area (Å²) in [7, 11) is 1.65. The molecule has 1 aromatic heterocycles. The van der Waals surface area contributed by atoms with Crippen LogP contribution in [0.3, 0.4) is 0 Å². The topological polar surface area (TPSA) is 78.6 Å². The lowest BCUT2D eigenvalue weighted by atomic mass is 10.0. The molecule has 2 aliphatic heterocycles. The standard InChI is InChI=1S/C19H22N4O3S2/c1-4-5-23-16(22-6-8-26-9-7-22)13(12(2)14(11-20)17(23)24)10-15-18(25)21(3)19(27)28-15/h10H,4-9H2,1-3H3/b15-10-. The van der Waals surface area contributed by atoms with E-state index in [4.69, 9.17) is 17.0 Å². The molecule has 1 amide bonds. The maximum atomic E-state index is 13.0. The summed E-state index contributed by atoms with van der Waals surface area (Å²) < 4.78 is 7.62. The van der Waals surface area contributed by atoms with Crippen molar-refractivity contribution in [3.8, 4) is 6.07 Å². The average Bonchev–Trinajstić information content (AvgIpc) is 2.93. The minimum Gasteiger partial charge on any atom is -0.378 e. The summed E-state index contributed by atoms with van der Waals surface area (Å²) >= 11 is 6.47. The fraction of sp³-hybridized carbons (Fsp3) is 0.474. The van der Waals surface area contributed by atoms with E-state index in [0.29, 0.717) is 47.6 Å². The predicted molar refractivity (Wildman–Crippen MR) is 114 cm³/mol. The molecule has 0 aliphatic carbocycles. The number of pyridine rings is 1. The Kier molecular flexibility index (Phi) is 6.23. The van der Waals surface area contributed by atoms with Gasteiger partial charge in [0.05, 0.1) is 18.1 Å². The van der Waals surface area contributed by atoms with Gasteiger partial charge < -0.3 is 9.64 Å².